The van der Waals surface area contributed by atoms with Gasteiger partial charge in [0, 0.05) is 0 Å². The van der Waals surface area contributed by atoms with Gasteiger partial charge in [0.25, 0.3) is 0 Å². The Bertz CT molecular complexity index is 1540. The molecule has 0 amide bonds. The minimum absolute atomic E-state index is 0.0328. The summed E-state index contributed by atoms with van der Waals surface area (Å²) in [6.07, 6.45) is 0. The van der Waals surface area contributed by atoms with E-state index in [1.54, 1.807) is 12.1 Å². The summed E-state index contributed by atoms with van der Waals surface area (Å²) in [5.41, 5.74) is 2.82. The number of hydrogen-bond donors (Lipinski definition) is 0. The third kappa shape index (κ3) is 8.85. The van der Waals surface area contributed by atoms with Crippen LogP contribution in [-0.4, -0.2) is 52.3 Å². The van der Waals surface area contributed by atoms with Crippen LogP contribution < -0.4 is 14.2 Å². The van der Waals surface area contributed by atoms with E-state index in [1.165, 1.54) is 64.8 Å². The van der Waals surface area contributed by atoms with E-state index in [4.69, 9.17) is 33.2 Å². The zero-order chi connectivity index (χ0) is 33.1. The van der Waals surface area contributed by atoms with Crippen molar-refractivity contribution in [2.24, 2.45) is 0 Å². The smallest absolute Gasteiger partial charge is 0.338 e. The van der Waals surface area contributed by atoms with Crippen LogP contribution in [0.5, 0.6) is 17.2 Å². The molecule has 46 heavy (non-hydrogen) atoms. The molecule has 0 atom stereocenters. The lowest BCUT2D eigenvalue weighted by Crippen LogP contribution is -2.08. The first-order valence-electron chi connectivity index (χ1n) is 13.9. The van der Waals surface area contributed by atoms with E-state index in [0.717, 1.165) is 5.56 Å². The van der Waals surface area contributed by atoms with Crippen molar-refractivity contribution in [1.29, 1.82) is 0 Å². The van der Waals surface area contributed by atoms with Crippen LogP contribution in [0.25, 0.3) is 0 Å². The van der Waals surface area contributed by atoms with Crippen LogP contribution in [0.15, 0.2) is 84.9 Å². The lowest BCUT2D eigenvalue weighted by atomic mass is 10.1. The summed E-state index contributed by atoms with van der Waals surface area (Å²) < 4.78 is 37.3. The van der Waals surface area contributed by atoms with Crippen molar-refractivity contribution in [3.63, 3.8) is 0 Å². The van der Waals surface area contributed by atoms with Gasteiger partial charge in [-0.05, 0) is 71.3 Å². The molecule has 4 rings (SSSR count). The van der Waals surface area contributed by atoms with Gasteiger partial charge < -0.3 is 33.2 Å². The highest BCUT2D eigenvalue weighted by atomic mass is 16.5. The van der Waals surface area contributed by atoms with Crippen molar-refractivity contribution in [2.45, 2.75) is 19.8 Å². The van der Waals surface area contributed by atoms with E-state index in [-0.39, 0.29) is 47.0 Å². The van der Waals surface area contributed by atoms with Crippen LogP contribution in [0.4, 0.5) is 0 Å². The van der Waals surface area contributed by atoms with Gasteiger partial charge in [0.15, 0.2) is 0 Å². The van der Waals surface area contributed by atoms with Gasteiger partial charge >= 0.3 is 23.9 Å². The summed E-state index contributed by atoms with van der Waals surface area (Å²) in [6, 6.07) is 23.6. The molecule has 4 aromatic carbocycles. The Morgan fingerprint density at radius 3 is 1.09 bits per heavy atom. The number of esters is 4. The standard InChI is InChI=1S/C35H32O11/c1-40-32(36)25-13-26(33(37)41-2)16-30(15-25)45-20-23-10-24(12-29(11-23)44-19-22-8-6-5-7-9-22)21-46-31-17-27(34(38)42-3)14-28(18-31)35(39)43-4/h5-18H,19-21H2,1-4H3. The molecule has 0 saturated heterocycles. The second kappa shape index (κ2) is 15.8. The van der Waals surface area contributed by atoms with E-state index >= 15 is 0 Å². The Hall–Kier alpha value is -5.84. The van der Waals surface area contributed by atoms with Gasteiger partial charge in [0.1, 0.15) is 37.1 Å². The summed E-state index contributed by atoms with van der Waals surface area (Å²) in [5, 5.41) is 0. The number of ether oxygens (including phenoxy) is 7. The molecular formula is C35H32O11. The predicted octanol–water partition coefficient (Wildman–Crippen LogP) is 5.57. The highest BCUT2D eigenvalue weighted by Gasteiger charge is 2.17. The van der Waals surface area contributed by atoms with Crippen LogP contribution in [0.2, 0.25) is 0 Å². The third-order valence-electron chi connectivity index (χ3n) is 6.58. The average molecular weight is 629 g/mol. The molecule has 0 N–H and O–H groups in total. The van der Waals surface area contributed by atoms with Crippen LogP contribution >= 0.6 is 0 Å². The summed E-state index contributed by atoms with van der Waals surface area (Å²) in [5.74, 6) is -1.55. The van der Waals surface area contributed by atoms with Crippen LogP contribution in [0.1, 0.15) is 58.1 Å². The largest absolute Gasteiger partial charge is 0.489 e. The first-order chi connectivity index (χ1) is 22.2. The van der Waals surface area contributed by atoms with Crippen LogP contribution in [-0.2, 0) is 38.8 Å². The summed E-state index contributed by atoms with van der Waals surface area (Å²) in [6.45, 7) is 0.370. The van der Waals surface area contributed by atoms with Gasteiger partial charge in [0.05, 0.1) is 50.7 Å². The number of rotatable bonds is 13. The number of methoxy groups -OCH3 is 4. The van der Waals surface area contributed by atoms with E-state index in [0.29, 0.717) is 23.5 Å². The summed E-state index contributed by atoms with van der Waals surface area (Å²) in [7, 11) is 4.95. The Balaban J connectivity index is 1.61. The minimum Gasteiger partial charge on any atom is -0.489 e. The fourth-order valence-electron chi connectivity index (χ4n) is 4.36. The highest BCUT2D eigenvalue weighted by Crippen LogP contribution is 2.25. The Morgan fingerprint density at radius 2 is 0.739 bits per heavy atom. The molecule has 0 aliphatic heterocycles. The first-order valence-corrected chi connectivity index (χ1v) is 13.9. The second-order valence-electron chi connectivity index (χ2n) is 9.80. The van der Waals surface area contributed by atoms with E-state index in [1.807, 2.05) is 36.4 Å². The fourth-order valence-corrected chi connectivity index (χ4v) is 4.36. The first kappa shape index (κ1) is 33.1. The number of benzene rings is 4. The number of carbonyl (C=O) groups is 4. The maximum absolute atomic E-state index is 12.2. The molecule has 0 spiro atoms. The van der Waals surface area contributed by atoms with E-state index in [2.05, 4.69) is 0 Å². The molecule has 0 aliphatic rings. The third-order valence-corrected chi connectivity index (χ3v) is 6.58. The highest BCUT2D eigenvalue weighted by molar-refractivity contribution is 5.96. The molecule has 0 aromatic heterocycles. The van der Waals surface area contributed by atoms with Crippen molar-refractivity contribution >= 4 is 23.9 Å². The Morgan fingerprint density at radius 1 is 0.413 bits per heavy atom. The Kier molecular flexibility index (Phi) is 11.3. The van der Waals surface area contributed by atoms with Crippen LogP contribution in [0, 0.1) is 0 Å². The van der Waals surface area contributed by atoms with E-state index < -0.39 is 23.9 Å². The fraction of sp³-hybridized carbons (Fsp3) is 0.200. The monoisotopic (exact) mass is 628 g/mol. The number of carbonyl (C=O) groups excluding carboxylic acids is 4. The zero-order valence-electron chi connectivity index (χ0n) is 25.7. The summed E-state index contributed by atoms with van der Waals surface area (Å²) in [4.78, 5) is 48.8. The predicted molar refractivity (Wildman–Crippen MR) is 164 cm³/mol. The molecule has 0 fully saturated rings. The maximum Gasteiger partial charge on any atom is 0.338 e. The topological polar surface area (TPSA) is 133 Å². The normalized spacial score (nSPS) is 10.3. The van der Waals surface area contributed by atoms with Gasteiger partial charge in [-0.25, -0.2) is 19.2 Å². The molecule has 4 aromatic rings. The van der Waals surface area contributed by atoms with E-state index in [9.17, 15) is 19.2 Å². The van der Waals surface area contributed by atoms with Crippen molar-refractivity contribution in [1.82, 2.24) is 0 Å². The van der Waals surface area contributed by atoms with Gasteiger partial charge in [-0.3, -0.25) is 0 Å². The summed E-state index contributed by atoms with van der Waals surface area (Å²) >= 11 is 0. The molecule has 0 aliphatic carbocycles. The molecular weight excluding hydrogens is 596 g/mol. The minimum atomic E-state index is -0.641. The van der Waals surface area contributed by atoms with Crippen molar-refractivity contribution < 1.29 is 52.3 Å². The number of hydrogen-bond acceptors (Lipinski definition) is 11. The average Bonchev–Trinajstić information content (AvgIpc) is 3.10. The van der Waals surface area contributed by atoms with Crippen LogP contribution in [0.3, 0.4) is 0 Å². The lowest BCUT2D eigenvalue weighted by molar-refractivity contribution is 0.0580. The van der Waals surface area contributed by atoms with Gasteiger partial charge in [-0.2, -0.15) is 0 Å². The second-order valence-corrected chi connectivity index (χ2v) is 9.80. The molecule has 0 saturated carbocycles. The van der Waals surface area contributed by atoms with Crippen molar-refractivity contribution in [3.8, 4) is 17.2 Å². The quantitative estimate of drug-likeness (QED) is 0.136. The molecule has 0 radical (unpaired) electrons. The molecule has 11 heteroatoms. The molecule has 238 valence electrons. The molecule has 11 nitrogen and oxygen atoms in total. The van der Waals surface area contributed by atoms with Gasteiger partial charge in [-0.1, -0.05) is 30.3 Å². The van der Waals surface area contributed by atoms with Gasteiger partial charge in [0.2, 0.25) is 0 Å². The van der Waals surface area contributed by atoms with Gasteiger partial charge in [-0.15, -0.1) is 0 Å². The molecule has 0 unspecified atom stereocenters. The maximum atomic E-state index is 12.2. The molecule has 0 heterocycles. The zero-order valence-corrected chi connectivity index (χ0v) is 25.7. The molecule has 0 bridgehead atoms. The lowest BCUT2D eigenvalue weighted by Gasteiger charge is -2.15. The Labute approximate surface area is 265 Å². The SMILES string of the molecule is COC(=O)c1cc(OCc2cc(COc3cc(C(=O)OC)cc(C(=O)OC)c3)cc(OCc3ccccc3)c2)cc(C(=O)OC)c1. The van der Waals surface area contributed by atoms with Crippen molar-refractivity contribution in [3.05, 3.63) is 124 Å². The van der Waals surface area contributed by atoms with Crippen molar-refractivity contribution in [2.75, 3.05) is 28.4 Å².